The van der Waals surface area contributed by atoms with Crippen molar-refractivity contribution >= 4 is 35.7 Å². The second-order valence-electron chi connectivity index (χ2n) is 7.21. The third-order valence-electron chi connectivity index (χ3n) is 4.65. The van der Waals surface area contributed by atoms with Crippen molar-refractivity contribution in [2.45, 2.75) is 0 Å². The molecule has 0 saturated heterocycles. The fraction of sp³-hybridized carbons (Fsp3) is 0.0400. The number of para-hydroxylation sites is 2. The highest BCUT2D eigenvalue weighted by Gasteiger charge is 2.07. The van der Waals surface area contributed by atoms with Crippen molar-refractivity contribution in [1.29, 1.82) is 0 Å². The molecule has 0 aliphatic carbocycles. The first-order chi connectivity index (χ1) is 17.1. The molecule has 1 aromatic heterocycles. The number of methoxy groups -OCH3 is 1. The maximum Gasteiger partial charge on any atom is 0.247 e. The van der Waals surface area contributed by atoms with E-state index in [4.69, 9.17) is 4.74 Å². The summed E-state index contributed by atoms with van der Waals surface area (Å²) in [4.78, 5) is 8.86. The summed E-state index contributed by atoms with van der Waals surface area (Å²) in [5, 5.41) is 30.4. The van der Waals surface area contributed by atoms with Crippen LogP contribution in [0.15, 0.2) is 89.1 Å². The average Bonchev–Trinajstić information content (AvgIpc) is 2.87. The van der Waals surface area contributed by atoms with E-state index in [1.807, 2.05) is 24.3 Å². The Morgan fingerprint density at radius 1 is 0.743 bits per heavy atom. The van der Waals surface area contributed by atoms with E-state index in [1.54, 1.807) is 74.1 Å². The number of nitrogens with zero attached hydrogens (tertiary/aromatic N) is 4. The van der Waals surface area contributed by atoms with Crippen LogP contribution >= 0.6 is 0 Å². The van der Waals surface area contributed by atoms with Crippen molar-refractivity contribution in [1.82, 2.24) is 9.97 Å². The minimum absolute atomic E-state index is 0.178. The summed E-state index contributed by atoms with van der Waals surface area (Å²) < 4.78 is 5.40. The first kappa shape index (κ1) is 23.1. The van der Waals surface area contributed by atoms with E-state index in [9.17, 15) is 10.2 Å². The lowest BCUT2D eigenvalue weighted by Gasteiger charge is -2.12. The van der Waals surface area contributed by atoms with Crippen LogP contribution in [-0.4, -0.2) is 39.7 Å². The molecule has 35 heavy (non-hydrogen) atoms. The molecule has 0 radical (unpaired) electrons. The van der Waals surface area contributed by atoms with E-state index in [0.717, 1.165) is 16.8 Å². The van der Waals surface area contributed by atoms with Crippen LogP contribution in [0, 0.1) is 0 Å². The van der Waals surface area contributed by atoms with Crippen LogP contribution in [0.25, 0.3) is 0 Å². The van der Waals surface area contributed by atoms with E-state index in [1.165, 1.54) is 0 Å². The summed E-state index contributed by atoms with van der Waals surface area (Å²) in [6, 6.07) is 22.4. The minimum atomic E-state index is 0.178. The predicted octanol–water partition coefficient (Wildman–Crippen LogP) is 4.53. The topological polar surface area (TPSA) is 136 Å². The number of phenolic OH excluding ortho intramolecular Hbond substituents is 2. The molecular formula is C25H23N7O3. The quantitative estimate of drug-likeness (QED) is 0.178. The molecule has 0 bridgehead atoms. The number of benzene rings is 3. The Morgan fingerprint density at radius 3 is 1.94 bits per heavy atom. The zero-order valence-electron chi connectivity index (χ0n) is 18.8. The number of anilines is 4. The van der Waals surface area contributed by atoms with E-state index in [-0.39, 0.29) is 17.4 Å². The molecule has 0 aliphatic rings. The summed E-state index contributed by atoms with van der Waals surface area (Å²) in [7, 11) is 1.59. The Bertz CT molecular complexity index is 1250. The Labute approximate surface area is 201 Å². The SMILES string of the molecule is COc1ccccc1Nc1cc(NN=Cc2ccc(O)cc2)nc(NN=Cc2ccc(O)cc2)n1. The first-order valence-electron chi connectivity index (χ1n) is 10.5. The highest BCUT2D eigenvalue weighted by atomic mass is 16.5. The van der Waals surface area contributed by atoms with Gasteiger partial charge in [0, 0.05) is 6.07 Å². The maximum absolute atomic E-state index is 9.41. The van der Waals surface area contributed by atoms with Crippen LogP contribution in [0.5, 0.6) is 17.2 Å². The summed E-state index contributed by atoms with van der Waals surface area (Å²) in [6.45, 7) is 0. The number of nitrogens with one attached hydrogen (secondary N) is 3. The van der Waals surface area contributed by atoms with Crippen LogP contribution in [0.2, 0.25) is 0 Å². The van der Waals surface area contributed by atoms with Gasteiger partial charge in [-0.25, -0.2) is 5.43 Å². The van der Waals surface area contributed by atoms with Gasteiger partial charge in [-0.05, 0) is 71.8 Å². The minimum Gasteiger partial charge on any atom is -0.508 e. The van der Waals surface area contributed by atoms with Crippen LogP contribution < -0.4 is 20.9 Å². The molecule has 0 fully saturated rings. The smallest absolute Gasteiger partial charge is 0.247 e. The molecule has 5 N–H and O–H groups in total. The number of ether oxygens (including phenoxy) is 1. The van der Waals surface area contributed by atoms with Gasteiger partial charge in [-0.2, -0.15) is 20.2 Å². The fourth-order valence-corrected chi connectivity index (χ4v) is 2.96. The first-order valence-corrected chi connectivity index (χ1v) is 10.5. The summed E-state index contributed by atoms with van der Waals surface area (Å²) in [6.07, 6.45) is 3.18. The lowest BCUT2D eigenvalue weighted by Crippen LogP contribution is -2.04. The van der Waals surface area contributed by atoms with E-state index in [0.29, 0.717) is 17.4 Å². The monoisotopic (exact) mass is 469 g/mol. The van der Waals surface area contributed by atoms with Gasteiger partial charge in [0.25, 0.3) is 0 Å². The lowest BCUT2D eigenvalue weighted by atomic mass is 10.2. The third-order valence-corrected chi connectivity index (χ3v) is 4.65. The van der Waals surface area contributed by atoms with Gasteiger partial charge < -0.3 is 20.3 Å². The van der Waals surface area contributed by atoms with Crippen molar-refractivity contribution in [3.8, 4) is 17.2 Å². The van der Waals surface area contributed by atoms with Crippen molar-refractivity contribution < 1.29 is 14.9 Å². The summed E-state index contributed by atoms with van der Waals surface area (Å²) in [5.74, 6) is 2.13. The van der Waals surface area contributed by atoms with Crippen LogP contribution in [0.3, 0.4) is 0 Å². The molecule has 10 nitrogen and oxygen atoms in total. The molecule has 3 aromatic carbocycles. The van der Waals surface area contributed by atoms with Gasteiger partial charge in [-0.3, -0.25) is 5.43 Å². The highest BCUT2D eigenvalue weighted by molar-refractivity contribution is 5.81. The molecule has 0 amide bonds. The van der Waals surface area contributed by atoms with Crippen molar-refractivity contribution in [2.24, 2.45) is 10.2 Å². The molecule has 4 aromatic rings. The van der Waals surface area contributed by atoms with Gasteiger partial charge in [-0.1, -0.05) is 12.1 Å². The van der Waals surface area contributed by atoms with E-state index in [2.05, 4.69) is 36.3 Å². The highest BCUT2D eigenvalue weighted by Crippen LogP contribution is 2.27. The fourth-order valence-electron chi connectivity index (χ4n) is 2.96. The predicted molar refractivity (Wildman–Crippen MR) is 137 cm³/mol. The summed E-state index contributed by atoms with van der Waals surface area (Å²) in [5.41, 5.74) is 8.01. The number of hydrogen-bond acceptors (Lipinski definition) is 10. The molecule has 4 rings (SSSR count). The maximum atomic E-state index is 9.41. The Morgan fingerprint density at radius 2 is 1.31 bits per heavy atom. The molecule has 0 unspecified atom stereocenters. The summed E-state index contributed by atoms with van der Waals surface area (Å²) >= 11 is 0. The molecule has 176 valence electrons. The van der Waals surface area contributed by atoms with E-state index >= 15 is 0 Å². The molecule has 1 heterocycles. The molecule has 10 heteroatoms. The zero-order valence-corrected chi connectivity index (χ0v) is 18.8. The normalized spacial score (nSPS) is 11.0. The number of aromatic nitrogens is 2. The van der Waals surface area contributed by atoms with Gasteiger partial charge in [0.05, 0.1) is 25.2 Å². The second kappa shape index (κ2) is 11.1. The average molecular weight is 470 g/mol. The molecule has 0 aliphatic heterocycles. The Hall–Kier alpha value is -5.12. The van der Waals surface area contributed by atoms with Gasteiger partial charge >= 0.3 is 0 Å². The Kier molecular flexibility index (Phi) is 7.34. The van der Waals surface area contributed by atoms with Crippen molar-refractivity contribution in [3.05, 3.63) is 90.0 Å². The van der Waals surface area contributed by atoms with Gasteiger partial charge in [-0.15, -0.1) is 0 Å². The Balaban J connectivity index is 1.55. The van der Waals surface area contributed by atoms with Crippen LogP contribution in [0.4, 0.5) is 23.3 Å². The number of phenols is 2. The number of aromatic hydroxyl groups is 2. The lowest BCUT2D eigenvalue weighted by molar-refractivity contribution is 0.417. The van der Waals surface area contributed by atoms with Gasteiger partial charge in [0.1, 0.15) is 23.1 Å². The molecule has 0 saturated carbocycles. The van der Waals surface area contributed by atoms with Crippen molar-refractivity contribution in [3.63, 3.8) is 0 Å². The molecular weight excluding hydrogens is 446 g/mol. The van der Waals surface area contributed by atoms with Crippen LogP contribution in [-0.2, 0) is 0 Å². The number of rotatable bonds is 9. The molecule has 0 atom stereocenters. The largest absolute Gasteiger partial charge is 0.508 e. The number of hydrogen-bond donors (Lipinski definition) is 5. The third kappa shape index (κ3) is 6.68. The molecule has 0 spiro atoms. The second-order valence-corrected chi connectivity index (χ2v) is 7.21. The van der Waals surface area contributed by atoms with E-state index < -0.39 is 0 Å². The zero-order chi connectivity index (χ0) is 24.5. The van der Waals surface area contributed by atoms with Crippen LogP contribution in [0.1, 0.15) is 11.1 Å². The van der Waals surface area contributed by atoms with Gasteiger partial charge in [0.2, 0.25) is 5.95 Å². The van der Waals surface area contributed by atoms with Crippen molar-refractivity contribution in [2.75, 3.05) is 23.3 Å². The standard InChI is InChI=1S/C25H23N7O3/c1-35-22-5-3-2-4-21(22)28-23-14-24(31-26-15-17-6-10-19(33)11-7-17)30-25(29-23)32-27-16-18-8-12-20(34)13-9-18/h2-16,33-34H,1H3,(H3,28,29,30,31,32). The number of hydrazone groups is 2. The van der Waals surface area contributed by atoms with Gasteiger partial charge in [0.15, 0.2) is 5.82 Å².